The van der Waals surface area contributed by atoms with Crippen molar-refractivity contribution in [2.75, 3.05) is 6.61 Å². The van der Waals surface area contributed by atoms with Gasteiger partial charge in [-0.05, 0) is 58.5 Å². The summed E-state index contributed by atoms with van der Waals surface area (Å²) in [6.45, 7) is 2.09. The standard InChI is InChI=1S/C19H20BrN3O2/c1-13-4-2-3-5-17(13)23-19(24)15(12-22)10-14-6-7-18(16(20)11-14)25-9-8-21/h6-7,10-11,13,17H,2-5,9H2,1H3,(H,23,24)/b15-10+/t13-,17-/m1/s1. The maximum absolute atomic E-state index is 12.4. The van der Waals surface area contributed by atoms with Gasteiger partial charge in [0, 0.05) is 6.04 Å². The van der Waals surface area contributed by atoms with Gasteiger partial charge >= 0.3 is 0 Å². The Hall–Kier alpha value is -2.31. The summed E-state index contributed by atoms with van der Waals surface area (Å²) in [5.41, 5.74) is 0.787. The highest BCUT2D eigenvalue weighted by Gasteiger charge is 2.24. The molecule has 1 aromatic carbocycles. The molecule has 2 rings (SSSR count). The zero-order valence-corrected chi connectivity index (χ0v) is 15.7. The van der Waals surface area contributed by atoms with Gasteiger partial charge in [-0.25, -0.2) is 0 Å². The summed E-state index contributed by atoms with van der Waals surface area (Å²) < 4.78 is 5.92. The molecular weight excluding hydrogens is 382 g/mol. The van der Waals surface area contributed by atoms with Gasteiger partial charge in [-0.2, -0.15) is 10.5 Å². The monoisotopic (exact) mass is 401 g/mol. The van der Waals surface area contributed by atoms with E-state index in [1.807, 2.05) is 12.1 Å². The van der Waals surface area contributed by atoms with Gasteiger partial charge in [0.15, 0.2) is 6.61 Å². The molecule has 1 aliphatic carbocycles. The highest BCUT2D eigenvalue weighted by molar-refractivity contribution is 9.10. The molecule has 0 unspecified atom stereocenters. The Morgan fingerprint density at radius 2 is 2.16 bits per heavy atom. The van der Waals surface area contributed by atoms with E-state index < -0.39 is 0 Å². The van der Waals surface area contributed by atoms with Crippen LogP contribution in [0.5, 0.6) is 5.75 Å². The summed E-state index contributed by atoms with van der Waals surface area (Å²) in [7, 11) is 0. The number of rotatable bonds is 5. The molecule has 1 amide bonds. The van der Waals surface area contributed by atoms with Crippen molar-refractivity contribution in [2.45, 2.75) is 38.6 Å². The normalized spacial score (nSPS) is 20.2. The SMILES string of the molecule is C[C@@H]1CCCC[C@H]1NC(=O)/C(C#N)=C/c1ccc(OCC#N)c(Br)c1. The minimum atomic E-state index is -0.331. The second kappa shape index (κ2) is 9.25. The molecule has 0 heterocycles. The lowest BCUT2D eigenvalue weighted by atomic mass is 9.86. The van der Waals surface area contributed by atoms with Crippen LogP contribution in [0.1, 0.15) is 38.2 Å². The Balaban J connectivity index is 2.11. The van der Waals surface area contributed by atoms with E-state index in [-0.39, 0.29) is 24.1 Å². The van der Waals surface area contributed by atoms with E-state index >= 15 is 0 Å². The number of amides is 1. The van der Waals surface area contributed by atoms with Crippen LogP contribution in [0.15, 0.2) is 28.2 Å². The number of benzene rings is 1. The van der Waals surface area contributed by atoms with E-state index in [1.165, 1.54) is 6.42 Å². The number of hydrogen-bond donors (Lipinski definition) is 1. The summed E-state index contributed by atoms with van der Waals surface area (Å²) in [5, 5.41) is 20.9. The van der Waals surface area contributed by atoms with Crippen molar-refractivity contribution in [3.05, 3.63) is 33.8 Å². The van der Waals surface area contributed by atoms with Crippen LogP contribution < -0.4 is 10.1 Å². The first-order valence-corrected chi connectivity index (χ1v) is 9.06. The Morgan fingerprint density at radius 3 is 2.80 bits per heavy atom. The topological polar surface area (TPSA) is 85.9 Å². The lowest BCUT2D eigenvalue weighted by Gasteiger charge is -2.29. The highest BCUT2D eigenvalue weighted by atomic mass is 79.9. The molecule has 0 aliphatic heterocycles. The smallest absolute Gasteiger partial charge is 0.262 e. The molecule has 0 bridgehead atoms. The van der Waals surface area contributed by atoms with Gasteiger partial charge in [0.25, 0.3) is 5.91 Å². The van der Waals surface area contributed by atoms with Crippen LogP contribution in [0.2, 0.25) is 0 Å². The van der Waals surface area contributed by atoms with Crippen molar-refractivity contribution < 1.29 is 9.53 Å². The van der Waals surface area contributed by atoms with Crippen molar-refractivity contribution in [1.29, 1.82) is 10.5 Å². The molecule has 1 aromatic rings. The Bertz CT molecular complexity index is 746. The van der Waals surface area contributed by atoms with E-state index in [2.05, 4.69) is 28.2 Å². The van der Waals surface area contributed by atoms with Crippen molar-refractivity contribution in [3.8, 4) is 17.9 Å². The molecule has 1 aliphatic rings. The third kappa shape index (κ3) is 5.34. The first kappa shape index (κ1) is 19.0. The van der Waals surface area contributed by atoms with E-state index in [1.54, 1.807) is 24.3 Å². The number of hydrogen-bond acceptors (Lipinski definition) is 4. The molecule has 1 saturated carbocycles. The minimum absolute atomic E-state index is 0.0425. The molecule has 0 radical (unpaired) electrons. The number of nitrogens with zero attached hydrogens (tertiary/aromatic N) is 2. The van der Waals surface area contributed by atoms with E-state index in [0.717, 1.165) is 19.3 Å². The lowest BCUT2D eigenvalue weighted by Crippen LogP contribution is -2.41. The third-order valence-electron chi connectivity index (χ3n) is 4.35. The van der Waals surface area contributed by atoms with Gasteiger partial charge in [0.2, 0.25) is 0 Å². The van der Waals surface area contributed by atoms with Crippen LogP contribution in [0.25, 0.3) is 6.08 Å². The third-order valence-corrected chi connectivity index (χ3v) is 4.97. The van der Waals surface area contributed by atoms with Gasteiger partial charge in [0.1, 0.15) is 23.5 Å². The van der Waals surface area contributed by atoms with Crippen molar-refractivity contribution >= 4 is 27.9 Å². The van der Waals surface area contributed by atoms with Gasteiger partial charge in [-0.3, -0.25) is 4.79 Å². The molecule has 1 fully saturated rings. The highest BCUT2D eigenvalue weighted by Crippen LogP contribution is 2.27. The molecule has 0 spiro atoms. The number of nitriles is 2. The van der Waals surface area contributed by atoms with Crippen molar-refractivity contribution in [2.24, 2.45) is 5.92 Å². The fraction of sp³-hybridized carbons (Fsp3) is 0.421. The fourth-order valence-corrected chi connectivity index (χ4v) is 3.44. The Morgan fingerprint density at radius 1 is 1.40 bits per heavy atom. The summed E-state index contributed by atoms with van der Waals surface area (Å²) >= 11 is 3.37. The van der Waals surface area contributed by atoms with E-state index in [4.69, 9.17) is 10.00 Å². The summed E-state index contributed by atoms with van der Waals surface area (Å²) in [6.07, 6.45) is 5.93. The molecule has 1 N–H and O–H groups in total. The van der Waals surface area contributed by atoms with Crippen molar-refractivity contribution in [1.82, 2.24) is 5.32 Å². The zero-order valence-electron chi connectivity index (χ0n) is 14.1. The molecular formula is C19H20BrN3O2. The summed E-state index contributed by atoms with van der Waals surface area (Å²) in [5.74, 6) is 0.642. The molecule has 5 nitrogen and oxygen atoms in total. The zero-order chi connectivity index (χ0) is 18.2. The second-order valence-corrected chi connectivity index (χ2v) is 7.00. The van der Waals surface area contributed by atoms with Crippen LogP contribution in [0.3, 0.4) is 0 Å². The summed E-state index contributed by atoms with van der Waals surface area (Å²) in [6, 6.07) is 9.21. The second-order valence-electron chi connectivity index (χ2n) is 6.15. The average molecular weight is 402 g/mol. The Labute approximate surface area is 156 Å². The number of nitrogens with one attached hydrogen (secondary N) is 1. The molecule has 130 valence electrons. The fourth-order valence-electron chi connectivity index (χ4n) is 2.93. The predicted octanol–water partition coefficient (Wildman–Crippen LogP) is 3.95. The maximum Gasteiger partial charge on any atom is 0.262 e. The molecule has 0 saturated heterocycles. The lowest BCUT2D eigenvalue weighted by molar-refractivity contribution is -0.118. The van der Waals surface area contributed by atoms with E-state index in [0.29, 0.717) is 21.7 Å². The summed E-state index contributed by atoms with van der Waals surface area (Å²) in [4.78, 5) is 12.4. The van der Waals surface area contributed by atoms with Crippen LogP contribution >= 0.6 is 15.9 Å². The van der Waals surface area contributed by atoms with Crippen LogP contribution in [0.4, 0.5) is 0 Å². The van der Waals surface area contributed by atoms with Crippen LogP contribution in [0, 0.1) is 28.6 Å². The molecule has 0 aromatic heterocycles. The van der Waals surface area contributed by atoms with Crippen molar-refractivity contribution in [3.63, 3.8) is 0 Å². The molecule has 2 atom stereocenters. The maximum atomic E-state index is 12.4. The number of ether oxygens (including phenoxy) is 1. The quantitative estimate of drug-likeness (QED) is 0.597. The number of carbonyl (C=O) groups excluding carboxylic acids is 1. The van der Waals surface area contributed by atoms with Gasteiger partial charge in [-0.1, -0.05) is 25.8 Å². The predicted molar refractivity (Wildman–Crippen MR) is 98.4 cm³/mol. The van der Waals surface area contributed by atoms with Gasteiger partial charge in [0.05, 0.1) is 4.47 Å². The van der Waals surface area contributed by atoms with Crippen LogP contribution in [-0.2, 0) is 4.79 Å². The minimum Gasteiger partial charge on any atom is -0.478 e. The Kier molecular flexibility index (Phi) is 7.03. The molecule has 25 heavy (non-hydrogen) atoms. The average Bonchev–Trinajstić information content (AvgIpc) is 2.60. The van der Waals surface area contributed by atoms with Crippen LogP contribution in [-0.4, -0.2) is 18.6 Å². The number of carbonyl (C=O) groups is 1. The number of halogens is 1. The van der Waals surface area contributed by atoms with Gasteiger partial charge < -0.3 is 10.1 Å². The molecule has 6 heteroatoms. The first-order valence-electron chi connectivity index (χ1n) is 8.27. The van der Waals surface area contributed by atoms with Gasteiger partial charge in [-0.15, -0.1) is 0 Å². The largest absolute Gasteiger partial charge is 0.478 e. The van der Waals surface area contributed by atoms with E-state index in [9.17, 15) is 10.1 Å². The first-order chi connectivity index (χ1) is 12.0.